The molecule has 0 bridgehead atoms. The first-order valence-electron chi connectivity index (χ1n) is 5.64. The maximum Gasteiger partial charge on any atom is 0.0484 e. The molecule has 1 heterocycles. The first-order chi connectivity index (χ1) is 7.29. The predicted octanol–water partition coefficient (Wildman–Crippen LogP) is 3.13. The summed E-state index contributed by atoms with van der Waals surface area (Å²) in [6, 6.07) is 2.65. The molecule has 0 aliphatic heterocycles. The van der Waals surface area contributed by atoms with Crippen molar-refractivity contribution in [2.45, 2.75) is 33.2 Å². The molecule has 0 amide bonds. The zero-order valence-electron chi connectivity index (χ0n) is 9.88. The molecule has 0 saturated carbocycles. The lowest BCUT2D eigenvalue weighted by Gasteiger charge is -2.17. The van der Waals surface area contributed by atoms with Gasteiger partial charge in [-0.15, -0.1) is 11.3 Å². The van der Waals surface area contributed by atoms with Crippen LogP contribution in [0.25, 0.3) is 0 Å². The molecule has 0 radical (unpaired) electrons. The molecule has 1 rings (SSSR count). The van der Waals surface area contributed by atoms with Gasteiger partial charge in [0.05, 0.1) is 0 Å². The van der Waals surface area contributed by atoms with Crippen LogP contribution >= 0.6 is 11.3 Å². The van der Waals surface area contributed by atoms with Crippen LogP contribution in [-0.4, -0.2) is 19.8 Å². The van der Waals surface area contributed by atoms with Crippen LogP contribution in [0, 0.1) is 6.92 Å². The lowest BCUT2D eigenvalue weighted by molar-refractivity contribution is 0.137. The third-order valence-corrected chi connectivity index (χ3v) is 3.56. The Labute approximate surface area is 96.7 Å². The van der Waals surface area contributed by atoms with E-state index in [0.29, 0.717) is 6.04 Å². The number of ether oxygens (including phenoxy) is 1. The predicted molar refractivity (Wildman–Crippen MR) is 66.6 cm³/mol. The zero-order valence-corrected chi connectivity index (χ0v) is 10.7. The molecule has 0 aliphatic rings. The van der Waals surface area contributed by atoms with Crippen molar-refractivity contribution in [2.24, 2.45) is 0 Å². The molecule has 0 saturated heterocycles. The molecule has 1 aromatic rings. The molecule has 2 nitrogen and oxygen atoms in total. The van der Waals surface area contributed by atoms with Crippen LogP contribution in [-0.2, 0) is 4.74 Å². The maximum absolute atomic E-state index is 5.41. The van der Waals surface area contributed by atoms with E-state index in [4.69, 9.17) is 4.74 Å². The molecule has 0 fully saturated rings. The molecule has 3 heteroatoms. The number of aryl methyl sites for hydroxylation is 1. The minimum Gasteiger partial charge on any atom is -0.382 e. The third kappa shape index (κ3) is 3.93. The maximum atomic E-state index is 5.41. The monoisotopic (exact) mass is 227 g/mol. The van der Waals surface area contributed by atoms with Crippen molar-refractivity contribution in [1.82, 2.24) is 5.32 Å². The molecule has 0 aromatic carbocycles. The standard InChI is InChI=1S/C12H21NOS/c1-4-13-11(6-8-14-5-2)12-10(3)7-9-15-12/h7,9,11,13H,4-6,8H2,1-3H3. The van der Waals surface area contributed by atoms with Crippen LogP contribution in [0.5, 0.6) is 0 Å². The van der Waals surface area contributed by atoms with Crippen molar-refractivity contribution in [1.29, 1.82) is 0 Å². The van der Waals surface area contributed by atoms with Gasteiger partial charge in [-0.25, -0.2) is 0 Å². The van der Waals surface area contributed by atoms with Gasteiger partial charge in [0.2, 0.25) is 0 Å². The van der Waals surface area contributed by atoms with E-state index in [9.17, 15) is 0 Å². The molecular weight excluding hydrogens is 206 g/mol. The summed E-state index contributed by atoms with van der Waals surface area (Å²) >= 11 is 1.84. The van der Waals surface area contributed by atoms with Gasteiger partial charge in [-0.3, -0.25) is 0 Å². The van der Waals surface area contributed by atoms with Crippen LogP contribution < -0.4 is 5.32 Å². The highest BCUT2D eigenvalue weighted by molar-refractivity contribution is 7.10. The first kappa shape index (κ1) is 12.7. The largest absolute Gasteiger partial charge is 0.382 e. The second-order valence-electron chi connectivity index (χ2n) is 3.56. The van der Waals surface area contributed by atoms with Crippen LogP contribution in [0.3, 0.4) is 0 Å². The Morgan fingerprint density at radius 3 is 2.80 bits per heavy atom. The molecule has 1 unspecified atom stereocenters. The second-order valence-corrected chi connectivity index (χ2v) is 4.51. The molecule has 0 spiro atoms. The summed E-state index contributed by atoms with van der Waals surface area (Å²) in [6.45, 7) is 9.02. The lowest BCUT2D eigenvalue weighted by Crippen LogP contribution is -2.22. The van der Waals surface area contributed by atoms with E-state index in [0.717, 1.165) is 26.2 Å². The molecule has 1 atom stereocenters. The second kappa shape index (κ2) is 6.99. The summed E-state index contributed by atoms with van der Waals surface area (Å²) in [5.41, 5.74) is 1.39. The lowest BCUT2D eigenvalue weighted by atomic mass is 10.1. The zero-order chi connectivity index (χ0) is 11.1. The number of thiophene rings is 1. The highest BCUT2D eigenvalue weighted by atomic mass is 32.1. The van der Waals surface area contributed by atoms with Crippen LogP contribution in [0.1, 0.15) is 36.8 Å². The Morgan fingerprint density at radius 2 is 2.27 bits per heavy atom. The van der Waals surface area contributed by atoms with E-state index in [1.807, 2.05) is 18.3 Å². The molecular formula is C12H21NOS. The number of hydrogen-bond acceptors (Lipinski definition) is 3. The summed E-state index contributed by atoms with van der Waals surface area (Å²) in [4.78, 5) is 1.46. The summed E-state index contributed by atoms with van der Waals surface area (Å²) in [5, 5.41) is 5.68. The van der Waals surface area contributed by atoms with Gasteiger partial charge in [-0.1, -0.05) is 6.92 Å². The molecule has 1 N–H and O–H groups in total. The van der Waals surface area contributed by atoms with Gasteiger partial charge in [0.25, 0.3) is 0 Å². The fourth-order valence-electron chi connectivity index (χ4n) is 1.66. The van der Waals surface area contributed by atoms with Gasteiger partial charge in [0, 0.05) is 24.1 Å². The third-order valence-electron chi connectivity index (χ3n) is 2.42. The van der Waals surface area contributed by atoms with Gasteiger partial charge in [-0.2, -0.15) is 0 Å². The van der Waals surface area contributed by atoms with Gasteiger partial charge >= 0.3 is 0 Å². The summed E-state index contributed by atoms with van der Waals surface area (Å²) in [5.74, 6) is 0. The average molecular weight is 227 g/mol. The van der Waals surface area contributed by atoms with E-state index in [1.54, 1.807) is 0 Å². The van der Waals surface area contributed by atoms with Crippen molar-refractivity contribution in [2.75, 3.05) is 19.8 Å². The van der Waals surface area contributed by atoms with E-state index < -0.39 is 0 Å². The molecule has 15 heavy (non-hydrogen) atoms. The van der Waals surface area contributed by atoms with Crippen molar-refractivity contribution in [3.63, 3.8) is 0 Å². The van der Waals surface area contributed by atoms with Crippen LogP contribution in [0.4, 0.5) is 0 Å². The Balaban J connectivity index is 2.53. The Bertz CT molecular complexity index is 272. The average Bonchev–Trinajstić information content (AvgIpc) is 2.64. The number of nitrogens with one attached hydrogen (secondary N) is 1. The van der Waals surface area contributed by atoms with Crippen molar-refractivity contribution in [3.05, 3.63) is 21.9 Å². The molecule has 1 aromatic heterocycles. The highest BCUT2D eigenvalue weighted by Gasteiger charge is 2.13. The fourth-order valence-corrected chi connectivity index (χ4v) is 2.70. The van der Waals surface area contributed by atoms with E-state index >= 15 is 0 Å². The Hall–Kier alpha value is -0.380. The van der Waals surface area contributed by atoms with Crippen LogP contribution in [0.15, 0.2) is 11.4 Å². The Morgan fingerprint density at radius 1 is 1.47 bits per heavy atom. The smallest absolute Gasteiger partial charge is 0.0484 e. The van der Waals surface area contributed by atoms with Gasteiger partial charge in [0.15, 0.2) is 0 Å². The van der Waals surface area contributed by atoms with Gasteiger partial charge in [0.1, 0.15) is 0 Å². The number of rotatable bonds is 7. The normalized spacial score (nSPS) is 13.0. The molecule has 86 valence electrons. The summed E-state index contributed by atoms with van der Waals surface area (Å²) in [7, 11) is 0. The van der Waals surface area contributed by atoms with Gasteiger partial charge in [-0.05, 0) is 43.8 Å². The summed E-state index contributed by atoms with van der Waals surface area (Å²) in [6.07, 6.45) is 1.06. The van der Waals surface area contributed by atoms with Crippen molar-refractivity contribution >= 4 is 11.3 Å². The van der Waals surface area contributed by atoms with E-state index in [1.165, 1.54) is 10.4 Å². The first-order valence-corrected chi connectivity index (χ1v) is 6.52. The van der Waals surface area contributed by atoms with E-state index in [-0.39, 0.29) is 0 Å². The SMILES string of the molecule is CCNC(CCOCC)c1sccc1C. The topological polar surface area (TPSA) is 21.3 Å². The molecule has 0 aliphatic carbocycles. The quantitative estimate of drug-likeness (QED) is 0.723. The number of hydrogen-bond donors (Lipinski definition) is 1. The Kier molecular flexibility index (Phi) is 5.91. The van der Waals surface area contributed by atoms with Gasteiger partial charge < -0.3 is 10.1 Å². The van der Waals surface area contributed by atoms with Crippen molar-refractivity contribution < 1.29 is 4.74 Å². The minimum atomic E-state index is 0.460. The fraction of sp³-hybridized carbons (Fsp3) is 0.667. The minimum absolute atomic E-state index is 0.460. The van der Waals surface area contributed by atoms with Crippen LogP contribution in [0.2, 0.25) is 0 Å². The summed E-state index contributed by atoms with van der Waals surface area (Å²) < 4.78 is 5.41. The van der Waals surface area contributed by atoms with E-state index in [2.05, 4.69) is 30.6 Å². The van der Waals surface area contributed by atoms with Crippen molar-refractivity contribution in [3.8, 4) is 0 Å². The highest BCUT2D eigenvalue weighted by Crippen LogP contribution is 2.26.